The van der Waals surface area contributed by atoms with Crippen LogP contribution < -0.4 is 4.90 Å². The topological polar surface area (TPSA) is 20.3 Å². The monoisotopic (exact) mass is 283 g/mol. The molecule has 3 heteroatoms. The lowest BCUT2D eigenvalue weighted by Gasteiger charge is -2.19. The molecule has 2 aromatic carbocycles. The highest BCUT2D eigenvalue weighted by molar-refractivity contribution is 5.95. The summed E-state index contributed by atoms with van der Waals surface area (Å²) in [5.41, 5.74) is 2.96. The molecule has 1 aliphatic heterocycles. The number of nitrogens with zero attached hydrogens (tertiary/aromatic N) is 1. The SMILES string of the molecule is O=C(CCCN1CCc2ccc(F)cc21)c1ccccc1. The van der Waals surface area contributed by atoms with Gasteiger partial charge in [0.25, 0.3) is 0 Å². The summed E-state index contributed by atoms with van der Waals surface area (Å²) in [6.45, 7) is 1.72. The number of hydrogen-bond acceptors (Lipinski definition) is 2. The number of benzene rings is 2. The van der Waals surface area contributed by atoms with Gasteiger partial charge in [0.1, 0.15) is 5.82 Å². The first-order chi connectivity index (χ1) is 10.2. The molecule has 21 heavy (non-hydrogen) atoms. The third kappa shape index (κ3) is 3.13. The van der Waals surface area contributed by atoms with Crippen molar-refractivity contribution >= 4 is 11.5 Å². The Kier molecular flexibility index (Phi) is 4.00. The first kappa shape index (κ1) is 13.8. The molecule has 0 saturated carbocycles. The molecule has 0 spiro atoms. The lowest BCUT2D eigenvalue weighted by atomic mass is 10.1. The smallest absolute Gasteiger partial charge is 0.162 e. The highest BCUT2D eigenvalue weighted by Crippen LogP contribution is 2.28. The molecular weight excluding hydrogens is 265 g/mol. The van der Waals surface area contributed by atoms with E-state index in [1.165, 1.54) is 11.6 Å². The van der Waals surface area contributed by atoms with Crippen molar-refractivity contribution in [2.24, 2.45) is 0 Å². The Labute approximate surface area is 124 Å². The van der Waals surface area contributed by atoms with Gasteiger partial charge in [-0.15, -0.1) is 0 Å². The van der Waals surface area contributed by atoms with Crippen LogP contribution in [0.5, 0.6) is 0 Å². The lowest BCUT2D eigenvalue weighted by Crippen LogP contribution is -2.22. The second kappa shape index (κ2) is 6.08. The zero-order valence-corrected chi connectivity index (χ0v) is 11.9. The molecule has 0 N–H and O–H groups in total. The number of Topliss-reactive ketones (excluding diaryl/α,β-unsaturated/α-hetero) is 1. The van der Waals surface area contributed by atoms with Crippen LogP contribution in [0, 0.1) is 5.82 Å². The van der Waals surface area contributed by atoms with E-state index in [-0.39, 0.29) is 11.6 Å². The maximum absolute atomic E-state index is 13.3. The van der Waals surface area contributed by atoms with Crippen LogP contribution in [0.4, 0.5) is 10.1 Å². The molecule has 0 unspecified atom stereocenters. The molecule has 0 bridgehead atoms. The van der Waals surface area contributed by atoms with Gasteiger partial charge in [0, 0.05) is 30.8 Å². The van der Waals surface area contributed by atoms with Crippen LogP contribution in [0.3, 0.4) is 0 Å². The largest absolute Gasteiger partial charge is 0.371 e. The number of anilines is 1. The molecule has 0 fully saturated rings. The number of hydrogen-bond donors (Lipinski definition) is 0. The summed E-state index contributed by atoms with van der Waals surface area (Å²) in [6, 6.07) is 14.3. The summed E-state index contributed by atoms with van der Waals surface area (Å²) >= 11 is 0. The van der Waals surface area contributed by atoms with Crippen molar-refractivity contribution in [3.8, 4) is 0 Å². The van der Waals surface area contributed by atoms with E-state index in [2.05, 4.69) is 4.90 Å². The third-order valence-electron chi connectivity index (χ3n) is 3.97. The molecule has 0 aromatic heterocycles. The predicted octanol–water partition coefficient (Wildman–Crippen LogP) is 3.85. The number of rotatable bonds is 5. The van der Waals surface area contributed by atoms with Gasteiger partial charge in [-0.2, -0.15) is 0 Å². The summed E-state index contributed by atoms with van der Waals surface area (Å²) in [5, 5.41) is 0. The van der Waals surface area contributed by atoms with Crippen molar-refractivity contribution in [2.75, 3.05) is 18.0 Å². The van der Waals surface area contributed by atoms with Crippen molar-refractivity contribution in [3.63, 3.8) is 0 Å². The molecule has 2 aromatic rings. The quantitative estimate of drug-likeness (QED) is 0.777. The molecule has 3 rings (SSSR count). The molecule has 0 saturated heterocycles. The van der Waals surface area contributed by atoms with Gasteiger partial charge in [0.15, 0.2) is 5.78 Å². The molecule has 0 atom stereocenters. The number of carbonyl (C=O) groups excluding carboxylic acids is 1. The number of carbonyl (C=O) groups is 1. The van der Waals surface area contributed by atoms with E-state index in [0.29, 0.717) is 6.42 Å². The minimum atomic E-state index is -0.194. The van der Waals surface area contributed by atoms with Crippen LogP contribution in [-0.4, -0.2) is 18.9 Å². The maximum Gasteiger partial charge on any atom is 0.162 e. The van der Waals surface area contributed by atoms with Crippen LogP contribution in [0.2, 0.25) is 0 Å². The minimum absolute atomic E-state index is 0.175. The van der Waals surface area contributed by atoms with Gasteiger partial charge in [0.05, 0.1) is 0 Å². The second-order valence-electron chi connectivity index (χ2n) is 5.40. The van der Waals surface area contributed by atoms with Gasteiger partial charge in [0.2, 0.25) is 0 Å². The van der Waals surface area contributed by atoms with E-state index >= 15 is 0 Å². The molecule has 1 heterocycles. The van der Waals surface area contributed by atoms with E-state index in [1.807, 2.05) is 36.4 Å². The van der Waals surface area contributed by atoms with E-state index < -0.39 is 0 Å². The fourth-order valence-electron chi connectivity index (χ4n) is 2.85. The van der Waals surface area contributed by atoms with E-state index in [0.717, 1.165) is 37.2 Å². The van der Waals surface area contributed by atoms with Crippen LogP contribution in [0.1, 0.15) is 28.8 Å². The molecule has 1 aliphatic rings. The number of ketones is 1. The minimum Gasteiger partial charge on any atom is -0.371 e. The van der Waals surface area contributed by atoms with Crippen LogP contribution in [0.15, 0.2) is 48.5 Å². The average Bonchev–Trinajstić information content (AvgIpc) is 2.90. The van der Waals surface area contributed by atoms with Crippen LogP contribution in [0.25, 0.3) is 0 Å². The molecule has 0 radical (unpaired) electrons. The molecule has 108 valence electrons. The van der Waals surface area contributed by atoms with E-state index in [4.69, 9.17) is 0 Å². The third-order valence-corrected chi connectivity index (χ3v) is 3.97. The van der Waals surface area contributed by atoms with Gasteiger partial charge < -0.3 is 4.90 Å². The molecule has 0 amide bonds. The Morgan fingerprint density at radius 2 is 1.95 bits per heavy atom. The van der Waals surface area contributed by atoms with Gasteiger partial charge >= 0.3 is 0 Å². The highest BCUT2D eigenvalue weighted by Gasteiger charge is 2.19. The average molecular weight is 283 g/mol. The Balaban J connectivity index is 1.56. The first-order valence-corrected chi connectivity index (χ1v) is 7.35. The number of halogens is 1. The van der Waals surface area contributed by atoms with Crippen molar-refractivity contribution < 1.29 is 9.18 Å². The summed E-state index contributed by atoms with van der Waals surface area (Å²) < 4.78 is 13.3. The standard InChI is InChI=1S/C18H18FNO/c19-16-9-8-14-10-12-20(17(14)13-16)11-4-7-18(21)15-5-2-1-3-6-15/h1-3,5-6,8-9,13H,4,7,10-12H2. The summed E-state index contributed by atoms with van der Waals surface area (Å²) in [4.78, 5) is 14.2. The zero-order valence-electron chi connectivity index (χ0n) is 11.9. The van der Waals surface area contributed by atoms with Crippen molar-refractivity contribution in [2.45, 2.75) is 19.3 Å². The Bertz CT molecular complexity index is 639. The van der Waals surface area contributed by atoms with Crippen LogP contribution >= 0.6 is 0 Å². The number of fused-ring (bicyclic) bond motifs is 1. The summed E-state index contributed by atoms with van der Waals surface area (Å²) in [7, 11) is 0. The van der Waals surface area contributed by atoms with Gasteiger partial charge in [-0.25, -0.2) is 4.39 Å². The molecular formula is C18H18FNO. The van der Waals surface area contributed by atoms with Crippen molar-refractivity contribution in [1.82, 2.24) is 0 Å². The van der Waals surface area contributed by atoms with Gasteiger partial charge in [-0.3, -0.25) is 4.79 Å². The fourth-order valence-corrected chi connectivity index (χ4v) is 2.85. The highest BCUT2D eigenvalue weighted by atomic mass is 19.1. The Morgan fingerprint density at radius 3 is 2.76 bits per heavy atom. The van der Waals surface area contributed by atoms with Gasteiger partial charge in [-0.05, 0) is 30.5 Å². The molecule has 2 nitrogen and oxygen atoms in total. The van der Waals surface area contributed by atoms with Crippen molar-refractivity contribution in [1.29, 1.82) is 0 Å². The van der Waals surface area contributed by atoms with Crippen LogP contribution in [-0.2, 0) is 6.42 Å². The maximum atomic E-state index is 13.3. The van der Waals surface area contributed by atoms with Crippen molar-refractivity contribution in [3.05, 3.63) is 65.5 Å². The first-order valence-electron chi connectivity index (χ1n) is 7.35. The Hall–Kier alpha value is -2.16. The summed E-state index contributed by atoms with van der Waals surface area (Å²) in [6.07, 6.45) is 2.29. The lowest BCUT2D eigenvalue weighted by molar-refractivity contribution is 0.0980. The second-order valence-corrected chi connectivity index (χ2v) is 5.40. The van der Waals surface area contributed by atoms with E-state index in [1.54, 1.807) is 6.07 Å². The normalized spacial score (nSPS) is 13.3. The predicted molar refractivity (Wildman–Crippen MR) is 82.3 cm³/mol. The zero-order chi connectivity index (χ0) is 14.7. The Morgan fingerprint density at radius 1 is 1.14 bits per heavy atom. The molecule has 0 aliphatic carbocycles. The fraction of sp³-hybridized carbons (Fsp3) is 0.278. The van der Waals surface area contributed by atoms with E-state index in [9.17, 15) is 9.18 Å². The summed E-state index contributed by atoms with van der Waals surface area (Å²) in [5.74, 6) is -0.0183. The van der Waals surface area contributed by atoms with Gasteiger partial charge in [-0.1, -0.05) is 36.4 Å².